The van der Waals surface area contributed by atoms with Crippen LogP contribution in [0.3, 0.4) is 0 Å². The first-order valence-corrected chi connectivity index (χ1v) is 15.8. The molecule has 1 unspecified atom stereocenters. The average Bonchev–Trinajstić information content (AvgIpc) is 3.61. The smallest absolute Gasteiger partial charge is 0.280 e. The Morgan fingerprint density at radius 1 is 0.826 bits per heavy atom. The highest BCUT2D eigenvalue weighted by molar-refractivity contribution is 5.98. The Morgan fingerprint density at radius 2 is 1.41 bits per heavy atom. The lowest BCUT2D eigenvalue weighted by Crippen LogP contribution is -2.25. The molecule has 0 aliphatic carbocycles. The van der Waals surface area contributed by atoms with Gasteiger partial charge in [-0.05, 0) is 97.4 Å². The summed E-state index contributed by atoms with van der Waals surface area (Å²) in [6, 6.07) is 29.7. The zero-order valence-electron chi connectivity index (χ0n) is 27.0. The predicted octanol–water partition coefficient (Wildman–Crippen LogP) is 8.60. The first-order chi connectivity index (χ1) is 22.4. The highest BCUT2D eigenvalue weighted by atomic mass is 16.6. The third-order valence-corrected chi connectivity index (χ3v) is 8.42. The number of rotatable bonds is 14. The van der Waals surface area contributed by atoms with Crippen LogP contribution in [0, 0.1) is 10.1 Å². The van der Waals surface area contributed by atoms with Gasteiger partial charge in [0.25, 0.3) is 5.69 Å². The van der Waals surface area contributed by atoms with Gasteiger partial charge in [-0.3, -0.25) is 15.0 Å². The molecule has 1 fully saturated rings. The maximum Gasteiger partial charge on any atom is 0.280 e. The third-order valence-electron chi connectivity index (χ3n) is 8.42. The topological polar surface area (TPSA) is 83.3 Å². The van der Waals surface area contributed by atoms with Gasteiger partial charge >= 0.3 is 0 Å². The lowest BCUT2D eigenvalue weighted by molar-refractivity contribution is -0.386. The van der Waals surface area contributed by atoms with Crippen molar-refractivity contribution in [1.82, 2.24) is 4.90 Å². The Kier molecular flexibility index (Phi) is 10.9. The van der Waals surface area contributed by atoms with Gasteiger partial charge in [-0.25, -0.2) is 0 Å². The Bertz CT molecular complexity index is 1630. The Hall–Kier alpha value is -4.82. The molecule has 1 aliphatic heterocycles. The minimum Gasteiger partial charge on any atom is -0.493 e. The normalized spacial score (nSPS) is 14.3. The second-order valence-electron chi connectivity index (χ2n) is 11.3. The minimum atomic E-state index is -0.616. The standard InChI is InChI=1S/C38H42N2O6/c1-5-33(28-11-7-6-8-12-28)38(29-13-17-31(18-14-29)45-24-23-39-21-9-10-22-39)30-15-19-32(20-16-30)46-27(2)34-25-36(43-3)37(44-4)26-35(34)40(41)42/h6-8,11-20,25-27H,5,9-10,21-24H2,1-4H3. The molecule has 1 aliphatic rings. The molecule has 0 radical (unpaired) electrons. The van der Waals surface area contributed by atoms with E-state index in [1.54, 1.807) is 13.0 Å². The molecule has 4 aromatic carbocycles. The second-order valence-corrected chi connectivity index (χ2v) is 11.3. The van der Waals surface area contributed by atoms with Crippen LogP contribution in [0.1, 0.15) is 61.5 Å². The minimum absolute atomic E-state index is 0.0918. The number of hydrogen-bond donors (Lipinski definition) is 0. The molecule has 240 valence electrons. The fourth-order valence-electron chi connectivity index (χ4n) is 6.03. The van der Waals surface area contributed by atoms with E-state index in [0.29, 0.717) is 29.4 Å². The third kappa shape index (κ3) is 7.69. The van der Waals surface area contributed by atoms with Gasteiger partial charge in [-0.15, -0.1) is 0 Å². The molecule has 1 atom stereocenters. The Morgan fingerprint density at radius 3 is 1.98 bits per heavy atom. The van der Waals surface area contributed by atoms with Crippen molar-refractivity contribution in [2.45, 2.75) is 39.2 Å². The fraction of sp³-hybridized carbons (Fsp3) is 0.316. The van der Waals surface area contributed by atoms with E-state index in [9.17, 15) is 10.1 Å². The molecule has 0 amide bonds. The molecule has 46 heavy (non-hydrogen) atoms. The summed E-state index contributed by atoms with van der Waals surface area (Å²) in [6.45, 7) is 7.91. The lowest BCUT2D eigenvalue weighted by Gasteiger charge is -2.19. The van der Waals surface area contributed by atoms with E-state index < -0.39 is 11.0 Å². The van der Waals surface area contributed by atoms with Crippen molar-refractivity contribution in [1.29, 1.82) is 0 Å². The summed E-state index contributed by atoms with van der Waals surface area (Å²) in [5.74, 6) is 2.15. The molecule has 0 bridgehead atoms. The molecule has 5 rings (SSSR count). The summed E-state index contributed by atoms with van der Waals surface area (Å²) in [7, 11) is 2.95. The van der Waals surface area contributed by atoms with Crippen LogP contribution in [0.15, 0.2) is 91.0 Å². The van der Waals surface area contributed by atoms with Crippen LogP contribution in [-0.4, -0.2) is 50.3 Å². The van der Waals surface area contributed by atoms with Crippen molar-refractivity contribution in [3.8, 4) is 23.0 Å². The summed E-state index contributed by atoms with van der Waals surface area (Å²) < 4.78 is 23.0. The van der Waals surface area contributed by atoms with Gasteiger partial charge in [0.2, 0.25) is 0 Å². The fourth-order valence-corrected chi connectivity index (χ4v) is 6.03. The van der Waals surface area contributed by atoms with Crippen LogP contribution >= 0.6 is 0 Å². The molecule has 8 nitrogen and oxygen atoms in total. The van der Waals surface area contributed by atoms with Gasteiger partial charge in [0.05, 0.1) is 30.8 Å². The van der Waals surface area contributed by atoms with Crippen LogP contribution in [0.25, 0.3) is 11.1 Å². The number of methoxy groups -OCH3 is 2. The van der Waals surface area contributed by atoms with Crippen LogP contribution in [-0.2, 0) is 0 Å². The largest absolute Gasteiger partial charge is 0.493 e. The van der Waals surface area contributed by atoms with Crippen molar-refractivity contribution in [2.24, 2.45) is 0 Å². The highest BCUT2D eigenvalue weighted by Crippen LogP contribution is 2.40. The van der Waals surface area contributed by atoms with Crippen LogP contribution in [0.2, 0.25) is 0 Å². The van der Waals surface area contributed by atoms with Crippen molar-refractivity contribution in [2.75, 3.05) is 40.5 Å². The van der Waals surface area contributed by atoms with Crippen LogP contribution in [0.4, 0.5) is 5.69 Å². The molecular weight excluding hydrogens is 580 g/mol. The predicted molar refractivity (Wildman–Crippen MR) is 182 cm³/mol. The van der Waals surface area contributed by atoms with E-state index >= 15 is 0 Å². The van der Waals surface area contributed by atoms with Crippen LogP contribution < -0.4 is 18.9 Å². The summed E-state index contributed by atoms with van der Waals surface area (Å²) in [5, 5.41) is 11.9. The lowest BCUT2D eigenvalue weighted by atomic mass is 9.88. The molecule has 8 heteroatoms. The number of nitro benzene ring substituents is 1. The molecule has 0 aromatic heterocycles. The molecule has 1 saturated heterocycles. The van der Waals surface area contributed by atoms with Gasteiger partial charge < -0.3 is 18.9 Å². The van der Waals surface area contributed by atoms with Crippen molar-refractivity contribution >= 4 is 16.8 Å². The number of nitro groups is 1. The number of ether oxygens (including phenoxy) is 4. The average molecular weight is 623 g/mol. The molecule has 0 N–H and O–H groups in total. The molecule has 0 saturated carbocycles. The SMILES string of the molecule is CCC(=C(c1ccc(OCCN2CCCC2)cc1)c1ccc(OC(C)c2cc(OC)c(OC)cc2[N+](=O)[O-])cc1)c1ccccc1. The van der Waals surface area contributed by atoms with E-state index in [1.807, 2.05) is 42.5 Å². The summed E-state index contributed by atoms with van der Waals surface area (Å²) >= 11 is 0. The number of nitrogens with zero attached hydrogens (tertiary/aromatic N) is 2. The first-order valence-electron chi connectivity index (χ1n) is 15.8. The van der Waals surface area contributed by atoms with E-state index in [0.717, 1.165) is 48.5 Å². The van der Waals surface area contributed by atoms with Crippen molar-refractivity contribution in [3.05, 3.63) is 123 Å². The van der Waals surface area contributed by atoms with Gasteiger partial charge in [0.15, 0.2) is 11.5 Å². The number of benzene rings is 4. The summed E-state index contributed by atoms with van der Waals surface area (Å²) in [6.07, 6.45) is 2.77. The van der Waals surface area contributed by atoms with E-state index in [2.05, 4.69) is 48.2 Å². The second kappa shape index (κ2) is 15.5. The van der Waals surface area contributed by atoms with E-state index in [4.69, 9.17) is 18.9 Å². The van der Waals surface area contributed by atoms with E-state index in [1.165, 1.54) is 44.3 Å². The summed E-state index contributed by atoms with van der Waals surface area (Å²) in [5.41, 5.74) is 5.97. The molecular formula is C38H42N2O6. The molecule has 1 heterocycles. The van der Waals surface area contributed by atoms with Gasteiger partial charge in [0.1, 0.15) is 24.2 Å². The maximum atomic E-state index is 11.9. The quantitative estimate of drug-likeness (QED) is 0.0791. The first kappa shape index (κ1) is 32.6. The highest BCUT2D eigenvalue weighted by Gasteiger charge is 2.25. The van der Waals surface area contributed by atoms with E-state index in [-0.39, 0.29) is 5.69 Å². The zero-order chi connectivity index (χ0) is 32.5. The maximum absolute atomic E-state index is 11.9. The van der Waals surface area contributed by atoms with Gasteiger partial charge in [0, 0.05) is 6.54 Å². The Labute approximate surface area is 271 Å². The number of likely N-dealkylation sites (tertiary alicyclic amines) is 1. The van der Waals surface area contributed by atoms with Crippen molar-refractivity contribution < 1.29 is 23.9 Å². The monoisotopic (exact) mass is 622 g/mol. The van der Waals surface area contributed by atoms with Gasteiger partial charge in [-0.1, -0.05) is 61.5 Å². The van der Waals surface area contributed by atoms with Gasteiger partial charge in [-0.2, -0.15) is 0 Å². The molecule has 4 aromatic rings. The Balaban J connectivity index is 1.42. The number of hydrogen-bond acceptors (Lipinski definition) is 7. The molecule has 0 spiro atoms. The van der Waals surface area contributed by atoms with Crippen molar-refractivity contribution in [3.63, 3.8) is 0 Å². The zero-order valence-corrected chi connectivity index (χ0v) is 27.0. The number of allylic oxidation sites excluding steroid dienone is 1. The van der Waals surface area contributed by atoms with Crippen LogP contribution in [0.5, 0.6) is 23.0 Å². The summed E-state index contributed by atoms with van der Waals surface area (Å²) in [4.78, 5) is 13.9.